The van der Waals surface area contributed by atoms with E-state index in [2.05, 4.69) is 5.32 Å². The number of thioether (sulfide) groups is 1. The van der Waals surface area contributed by atoms with Crippen LogP contribution in [0, 0.1) is 6.92 Å². The minimum atomic E-state index is -3.36. The molecule has 0 heterocycles. The molecule has 27 heavy (non-hydrogen) atoms. The molecule has 0 spiro atoms. The zero-order chi connectivity index (χ0) is 19.9. The van der Waals surface area contributed by atoms with E-state index in [-0.39, 0.29) is 10.6 Å². The number of sulfone groups is 1. The van der Waals surface area contributed by atoms with Crippen LogP contribution < -0.4 is 5.32 Å². The Morgan fingerprint density at radius 2 is 1.81 bits per heavy atom. The lowest BCUT2D eigenvalue weighted by Gasteiger charge is -2.08. The molecular formula is C19H21NO5S2. The molecule has 8 heteroatoms. The molecule has 0 unspecified atom stereocenters. The first kappa shape index (κ1) is 21.0. The minimum Gasteiger partial charge on any atom is -0.455 e. The third kappa shape index (κ3) is 7.44. The highest BCUT2D eigenvalue weighted by atomic mass is 32.2. The molecule has 1 N–H and O–H groups in total. The van der Waals surface area contributed by atoms with E-state index in [0.29, 0.717) is 11.4 Å². The van der Waals surface area contributed by atoms with Crippen molar-refractivity contribution in [3.63, 3.8) is 0 Å². The Kier molecular flexibility index (Phi) is 7.44. The van der Waals surface area contributed by atoms with E-state index >= 15 is 0 Å². The molecule has 0 aliphatic rings. The first-order valence-corrected chi connectivity index (χ1v) is 11.2. The number of carbonyl (C=O) groups is 2. The topological polar surface area (TPSA) is 89.5 Å². The molecule has 144 valence electrons. The molecule has 0 aliphatic carbocycles. The summed E-state index contributed by atoms with van der Waals surface area (Å²) < 4.78 is 28.0. The summed E-state index contributed by atoms with van der Waals surface area (Å²) in [6.45, 7) is 1.59. The van der Waals surface area contributed by atoms with Crippen molar-refractivity contribution < 1.29 is 22.7 Å². The Hall–Kier alpha value is -2.32. The molecule has 2 aromatic carbocycles. The molecule has 1 amide bonds. The molecule has 2 rings (SSSR count). The summed E-state index contributed by atoms with van der Waals surface area (Å²) in [4.78, 5) is 23.7. The normalized spacial score (nSPS) is 11.0. The van der Waals surface area contributed by atoms with Crippen LogP contribution in [0.5, 0.6) is 0 Å². The van der Waals surface area contributed by atoms with E-state index in [9.17, 15) is 18.0 Å². The van der Waals surface area contributed by atoms with Gasteiger partial charge in [0, 0.05) is 17.7 Å². The molecule has 0 atom stereocenters. The van der Waals surface area contributed by atoms with Crippen LogP contribution in [0.25, 0.3) is 0 Å². The maximum absolute atomic E-state index is 11.9. The fraction of sp³-hybridized carbons (Fsp3) is 0.263. The van der Waals surface area contributed by atoms with Crippen LogP contribution in [0.3, 0.4) is 0 Å². The van der Waals surface area contributed by atoms with E-state index in [1.165, 1.54) is 35.5 Å². The van der Waals surface area contributed by atoms with Crippen LogP contribution in [0.15, 0.2) is 53.4 Å². The maximum atomic E-state index is 11.9. The number of rotatable bonds is 8. The van der Waals surface area contributed by atoms with Gasteiger partial charge in [0.25, 0.3) is 5.91 Å². The average molecular weight is 408 g/mol. The van der Waals surface area contributed by atoms with E-state index in [4.69, 9.17) is 4.74 Å². The zero-order valence-corrected chi connectivity index (χ0v) is 16.7. The Morgan fingerprint density at radius 3 is 2.48 bits per heavy atom. The lowest BCUT2D eigenvalue weighted by molar-refractivity contribution is -0.144. The molecule has 0 fully saturated rings. The maximum Gasteiger partial charge on any atom is 0.316 e. The molecule has 6 nitrogen and oxygen atoms in total. The van der Waals surface area contributed by atoms with E-state index in [1.54, 1.807) is 6.07 Å². The standard InChI is InChI=1S/C19H21NO5S2/c1-14-6-8-15(9-7-14)12-26-13-19(22)25-11-18(21)20-16-4-3-5-17(10-16)27(2,23)24/h3-10H,11-13H2,1-2H3,(H,20,21). The smallest absolute Gasteiger partial charge is 0.316 e. The number of amides is 1. The largest absolute Gasteiger partial charge is 0.455 e. The van der Waals surface area contributed by atoms with Crippen molar-refractivity contribution in [1.29, 1.82) is 0 Å². The number of benzene rings is 2. The SMILES string of the molecule is Cc1ccc(CSCC(=O)OCC(=O)Nc2cccc(S(C)(=O)=O)c2)cc1. The monoisotopic (exact) mass is 407 g/mol. The van der Waals surface area contributed by atoms with Gasteiger partial charge in [0.15, 0.2) is 16.4 Å². The quantitative estimate of drug-likeness (QED) is 0.677. The Balaban J connectivity index is 1.73. The summed E-state index contributed by atoms with van der Waals surface area (Å²) in [5, 5.41) is 2.51. The predicted octanol–water partition coefficient (Wildman–Crippen LogP) is 2.81. The van der Waals surface area contributed by atoms with Crippen molar-refractivity contribution >= 4 is 39.2 Å². The van der Waals surface area contributed by atoms with Crippen LogP contribution in [-0.4, -0.2) is 38.9 Å². The zero-order valence-electron chi connectivity index (χ0n) is 15.1. The number of nitrogens with one attached hydrogen (secondary N) is 1. The van der Waals surface area contributed by atoms with Crippen LogP contribution in [-0.2, 0) is 29.9 Å². The van der Waals surface area contributed by atoms with E-state index in [0.717, 1.165) is 11.8 Å². The van der Waals surface area contributed by atoms with Crippen LogP contribution >= 0.6 is 11.8 Å². The van der Waals surface area contributed by atoms with Gasteiger partial charge in [-0.2, -0.15) is 0 Å². The highest BCUT2D eigenvalue weighted by molar-refractivity contribution is 7.99. The third-order valence-electron chi connectivity index (χ3n) is 3.52. The first-order chi connectivity index (χ1) is 12.7. The molecule has 0 bridgehead atoms. The number of esters is 1. The van der Waals surface area contributed by atoms with Gasteiger partial charge in [-0.15, -0.1) is 11.8 Å². The van der Waals surface area contributed by atoms with Gasteiger partial charge in [-0.05, 0) is 30.7 Å². The first-order valence-electron chi connectivity index (χ1n) is 8.13. The number of carbonyl (C=O) groups excluding carboxylic acids is 2. The van der Waals surface area contributed by atoms with Crippen molar-refractivity contribution in [3.8, 4) is 0 Å². The summed E-state index contributed by atoms with van der Waals surface area (Å²) in [6.07, 6.45) is 1.09. The van der Waals surface area contributed by atoms with Gasteiger partial charge >= 0.3 is 5.97 Å². The second-order valence-electron chi connectivity index (χ2n) is 5.99. The van der Waals surface area contributed by atoms with Gasteiger partial charge in [0.1, 0.15) is 0 Å². The predicted molar refractivity (Wildman–Crippen MR) is 106 cm³/mol. The van der Waals surface area contributed by atoms with Gasteiger partial charge in [0.2, 0.25) is 0 Å². The van der Waals surface area contributed by atoms with Crippen molar-refractivity contribution in [1.82, 2.24) is 0 Å². The molecule has 0 saturated carbocycles. The van der Waals surface area contributed by atoms with Gasteiger partial charge < -0.3 is 10.1 Å². The fourth-order valence-corrected chi connectivity index (χ4v) is 3.57. The van der Waals surface area contributed by atoms with Gasteiger partial charge in [-0.25, -0.2) is 8.42 Å². The van der Waals surface area contributed by atoms with Gasteiger partial charge in [0.05, 0.1) is 10.6 Å². The highest BCUT2D eigenvalue weighted by Crippen LogP contribution is 2.15. The lowest BCUT2D eigenvalue weighted by atomic mass is 10.2. The summed E-state index contributed by atoms with van der Waals surface area (Å²) in [7, 11) is -3.36. The van der Waals surface area contributed by atoms with Crippen LogP contribution in [0.2, 0.25) is 0 Å². The van der Waals surface area contributed by atoms with Crippen LogP contribution in [0.4, 0.5) is 5.69 Å². The van der Waals surface area contributed by atoms with Crippen molar-refractivity contribution in [3.05, 3.63) is 59.7 Å². The summed E-state index contributed by atoms with van der Waals surface area (Å²) in [5.74, 6) is -0.186. The van der Waals surface area contributed by atoms with Gasteiger partial charge in [-0.1, -0.05) is 35.9 Å². The van der Waals surface area contributed by atoms with E-state index < -0.39 is 28.3 Å². The number of hydrogen-bond donors (Lipinski definition) is 1. The highest BCUT2D eigenvalue weighted by Gasteiger charge is 2.11. The fourth-order valence-electron chi connectivity index (χ4n) is 2.13. The summed E-state index contributed by atoms with van der Waals surface area (Å²) in [5.41, 5.74) is 2.62. The average Bonchev–Trinajstić information content (AvgIpc) is 2.61. The number of hydrogen-bond acceptors (Lipinski definition) is 6. The Labute approximate surface area is 163 Å². The molecule has 0 saturated heterocycles. The minimum absolute atomic E-state index is 0.102. The Bertz CT molecular complexity index is 908. The second-order valence-corrected chi connectivity index (χ2v) is 8.99. The second kappa shape index (κ2) is 9.57. The summed E-state index contributed by atoms with van der Waals surface area (Å²) in [6, 6.07) is 13.9. The summed E-state index contributed by atoms with van der Waals surface area (Å²) >= 11 is 1.41. The molecule has 2 aromatic rings. The van der Waals surface area contributed by atoms with Crippen LogP contribution in [0.1, 0.15) is 11.1 Å². The van der Waals surface area contributed by atoms with Crippen molar-refractivity contribution in [2.45, 2.75) is 17.6 Å². The lowest BCUT2D eigenvalue weighted by Crippen LogP contribution is -2.21. The molecular weight excluding hydrogens is 386 g/mol. The van der Waals surface area contributed by atoms with Crippen molar-refractivity contribution in [2.24, 2.45) is 0 Å². The van der Waals surface area contributed by atoms with E-state index in [1.807, 2.05) is 31.2 Å². The Morgan fingerprint density at radius 1 is 1.11 bits per heavy atom. The molecule has 0 aliphatic heterocycles. The number of aryl methyl sites for hydroxylation is 1. The van der Waals surface area contributed by atoms with Gasteiger partial charge in [-0.3, -0.25) is 9.59 Å². The molecule has 0 radical (unpaired) electrons. The third-order valence-corrected chi connectivity index (χ3v) is 5.61. The van der Waals surface area contributed by atoms with Crippen molar-refractivity contribution in [2.75, 3.05) is 23.9 Å². The number of anilines is 1. The molecule has 0 aromatic heterocycles. The number of ether oxygens (including phenoxy) is 1.